The first-order valence-corrected chi connectivity index (χ1v) is 13.1. The molecule has 0 spiro atoms. The molecule has 3 amide bonds. The van der Waals surface area contributed by atoms with Crippen LogP contribution in [0, 0.1) is 0 Å². The Morgan fingerprint density at radius 2 is 2.00 bits per heavy atom. The number of rotatable bonds is 6. The van der Waals surface area contributed by atoms with Crippen molar-refractivity contribution in [3.05, 3.63) is 81.5 Å². The van der Waals surface area contributed by atoms with Crippen LogP contribution in [0.4, 0.5) is 10.6 Å². The molecule has 2 aromatic rings. The number of pyridine rings is 1. The molecule has 2 atom stereocenters. The van der Waals surface area contributed by atoms with Crippen LogP contribution in [0.2, 0.25) is 5.02 Å². The molecule has 1 aromatic heterocycles. The van der Waals surface area contributed by atoms with E-state index in [1.54, 1.807) is 0 Å². The van der Waals surface area contributed by atoms with Gasteiger partial charge in [0.05, 0.1) is 22.7 Å². The van der Waals surface area contributed by atoms with Crippen molar-refractivity contribution in [1.82, 2.24) is 21.0 Å². The molecule has 2 unspecified atom stereocenters. The smallest absolute Gasteiger partial charge is 0.334 e. The number of hydrazine groups is 1. The summed E-state index contributed by atoms with van der Waals surface area (Å²) in [6.07, 6.45) is 7.78. The average Bonchev–Trinajstić information content (AvgIpc) is 3.22. The summed E-state index contributed by atoms with van der Waals surface area (Å²) in [5, 5.41) is 5.86. The van der Waals surface area contributed by atoms with Gasteiger partial charge < -0.3 is 10.6 Å². The van der Waals surface area contributed by atoms with Gasteiger partial charge in [0.2, 0.25) is 5.12 Å². The van der Waals surface area contributed by atoms with Crippen LogP contribution < -0.4 is 21.5 Å². The first kappa shape index (κ1) is 25.8. The Balaban J connectivity index is 1.42. The minimum absolute atomic E-state index is 0.0465. The van der Waals surface area contributed by atoms with Crippen molar-refractivity contribution in [2.45, 2.75) is 45.2 Å². The van der Waals surface area contributed by atoms with E-state index in [0.29, 0.717) is 12.2 Å². The van der Waals surface area contributed by atoms with Gasteiger partial charge in [0.25, 0.3) is 5.91 Å². The Kier molecular flexibility index (Phi) is 8.32. The molecule has 1 saturated heterocycles. The van der Waals surface area contributed by atoms with Crippen molar-refractivity contribution >= 4 is 46.2 Å². The summed E-state index contributed by atoms with van der Waals surface area (Å²) < 4.78 is 0. The van der Waals surface area contributed by atoms with Crippen LogP contribution in [-0.4, -0.2) is 33.8 Å². The number of nitrogens with one attached hydrogen (secondary N) is 4. The van der Waals surface area contributed by atoms with E-state index in [2.05, 4.69) is 39.5 Å². The summed E-state index contributed by atoms with van der Waals surface area (Å²) >= 11 is 7.51. The van der Waals surface area contributed by atoms with Crippen LogP contribution in [-0.2, 0) is 11.2 Å². The molecule has 36 heavy (non-hydrogen) atoms. The molecule has 1 fully saturated rings. The molecule has 0 radical (unpaired) electrons. The maximum Gasteiger partial charge on any atom is 0.334 e. The van der Waals surface area contributed by atoms with E-state index in [4.69, 9.17) is 11.6 Å². The van der Waals surface area contributed by atoms with Crippen LogP contribution in [0.5, 0.6) is 0 Å². The quantitative estimate of drug-likeness (QED) is 0.407. The first-order valence-electron chi connectivity index (χ1n) is 11.7. The highest BCUT2D eigenvalue weighted by atomic mass is 35.5. The molecular formula is C26H28ClN5O3S. The number of fused-ring (bicyclic) bond motifs is 1. The van der Waals surface area contributed by atoms with Gasteiger partial charge in [-0.2, -0.15) is 0 Å². The number of urea groups is 1. The molecule has 188 valence electrons. The molecule has 10 heteroatoms. The Morgan fingerprint density at radius 1 is 1.19 bits per heavy atom. The lowest BCUT2D eigenvalue weighted by Gasteiger charge is -2.23. The van der Waals surface area contributed by atoms with Crippen molar-refractivity contribution < 1.29 is 14.4 Å². The number of nitrogens with zero attached hydrogens (tertiary/aromatic N) is 1. The predicted octanol–water partition coefficient (Wildman–Crippen LogP) is 4.70. The second-order valence-corrected chi connectivity index (χ2v) is 10.1. The van der Waals surface area contributed by atoms with Crippen molar-refractivity contribution in [2.75, 3.05) is 11.2 Å². The molecule has 4 N–H and O–H groups in total. The van der Waals surface area contributed by atoms with E-state index in [9.17, 15) is 14.4 Å². The van der Waals surface area contributed by atoms with E-state index < -0.39 is 18.0 Å². The number of benzene rings is 1. The number of aryl methyl sites for hydroxylation is 1. The van der Waals surface area contributed by atoms with Crippen molar-refractivity contribution in [1.29, 1.82) is 0 Å². The number of hydrogen-bond donors (Lipinski definition) is 4. The molecule has 1 aromatic carbocycles. The zero-order valence-electron chi connectivity index (χ0n) is 20.1. The molecule has 8 nitrogen and oxygen atoms in total. The Bertz CT molecular complexity index is 1250. The zero-order chi connectivity index (χ0) is 25.7. The summed E-state index contributed by atoms with van der Waals surface area (Å²) in [7, 11) is 0. The number of thioether (sulfide) groups is 1. The molecule has 2 heterocycles. The van der Waals surface area contributed by atoms with E-state index in [1.165, 1.54) is 35.2 Å². The summed E-state index contributed by atoms with van der Waals surface area (Å²) in [6, 6.07) is 8.29. The second-order valence-electron chi connectivity index (χ2n) is 8.63. The second kappa shape index (κ2) is 11.6. The summed E-state index contributed by atoms with van der Waals surface area (Å²) in [5.74, 6) is 0.461. The van der Waals surface area contributed by atoms with Crippen LogP contribution in [0.25, 0.3) is 0 Å². The van der Waals surface area contributed by atoms with E-state index in [0.717, 1.165) is 24.0 Å². The topological polar surface area (TPSA) is 112 Å². The highest BCUT2D eigenvalue weighted by molar-refractivity contribution is 8.14. The van der Waals surface area contributed by atoms with Gasteiger partial charge in [-0.25, -0.2) is 9.78 Å². The van der Waals surface area contributed by atoms with Gasteiger partial charge >= 0.3 is 6.03 Å². The number of anilines is 1. The third-order valence-electron chi connectivity index (χ3n) is 6.20. The maximum atomic E-state index is 12.9. The minimum atomic E-state index is -0.497. The number of aromatic nitrogens is 1. The lowest BCUT2D eigenvalue weighted by molar-refractivity contribution is -0.112. The number of amides is 3. The molecule has 1 aliphatic heterocycles. The van der Waals surface area contributed by atoms with E-state index in [1.807, 2.05) is 37.3 Å². The average molecular weight is 526 g/mol. The van der Waals surface area contributed by atoms with Gasteiger partial charge in [-0.05, 0) is 55.9 Å². The first-order chi connectivity index (χ1) is 17.4. The number of allylic oxidation sites excluding steroid dienone is 2. The monoisotopic (exact) mass is 525 g/mol. The fourth-order valence-electron chi connectivity index (χ4n) is 4.30. The number of halogens is 1. The van der Waals surface area contributed by atoms with Crippen LogP contribution >= 0.6 is 23.4 Å². The Morgan fingerprint density at radius 3 is 2.72 bits per heavy atom. The predicted molar refractivity (Wildman–Crippen MR) is 143 cm³/mol. The fourth-order valence-corrected chi connectivity index (χ4v) is 5.45. The third kappa shape index (κ3) is 5.91. The van der Waals surface area contributed by atoms with Gasteiger partial charge in [0, 0.05) is 11.9 Å². The Labute approximate surface area is 219 Å². The summed E-state index contributed by atoms with van der Waals surface area (Å²) in [4.78, 5) is 41.3. The van der Waals surface area contributed by atoms with Gasteiger partial charge in [-0.15, -0.1) is 0 Å². The summed E-state index contributed by atoms with van der Waals surface area (Å²) in [5.41, 5.74) is 10.1. The highest BCUT2D eigenvalue weighted by Gasteiger charge is 2.28. The number of carbonyl (C=O) groups excluding carboxylic acids is 3. The molecule has 0 bridgehead atoms. The van der Waals surface area contributed by atoms with Crippen LogP contribution in [0.1, 0.15) is 54.2 Å². The van der Waals surface area contributed by atoms with E-state index in [-0.39, 0.29) is 27.6 Å². The standard InChI is InChI=1S/C26H28ClN5O3S/c1-3-6-18-15(2)9-10-16-7-4-5-8-19(16)22(18)30-26(35)32-31-23-20(27)13-17(14-28-23)24(33)29-21-11-12-36-25(21)34/h3-8,13-14,21-22H,9-12H2,1-2H3,(H,28,31)(H,29,33)(H2,30,32,35)/b6-3-. The number of carbonyl (C=O) groups is 3. The Hall–Kier alpha value is -3.30. The van der Waals surface area contributed by atoms with Crippen LogP contribution in [0.3, 0.4) is 0 Å². The summed E-state index contributed by atoms with van der Waals surface area (Å²) in [6.45, 7) is 4.05. The SMILES string of the molecule is C/C=C\C1=C(C)CCc2ccccc2C1NC(=O)NNc1ncc(C(=O)NC2CCSC2=O)cc1Cl. The largest absolute Gasteiger partial charge is 0.341 e. The lowest BCUT2D eigenvalue weighted by atomic mass is 9.94. The van der Waals surface area contributed by atoms with Gasteiger partial charge in [0.15, 0.2) is 5.82 Å². The fraction of sp³-hybridized carbons (Fsp3) is 0.308. The zero-order valence-corrected chi connectivity index (χ0v) is 21.6. The maximum absolute atomic E-state index is 12.9. The van der Waals surface area contributed by atoms with Crippen LogP contribution in [0.15, 0.2) is 59.8 Å². The third-order valence-corrected chi connectivity index (χ3v) is 7.50. The highest BCUT2D eigenvalue weighted by Crippen LogP contribution is 2.34. The molecule has 2 aliphatic rings. The lowest BCUT2D eigenvalue weighted by Crippen LogP contribution is -2.41. The minimum Gasteiger partial charge on any atom is -0.341 e. The molecule has 4 rings (SSSR count). The van der Waals surface area contributed by atoms with Crippen molar-refractivity contribution in [2.24, 2.45) is 0 Å². The van der Waals surface area contributed by atoms with E-state index >= 15 is 0 Å². The normalized spacial score (nSPS) is 19.6. The van der Waals surface area contributed by atoms with Crippen molar-refractivity contribution in [3.8, 4) is 0 Å². The molecule has 1 aliphatic carbocycles. The van der Waals surface area contributed by atoms with Gasteiger partial charge in [0.1, 0.15) is 0 Å². The number of hydrogen-bond acceptors (Lipinski definition) is 6. The van der Waals surface area contributed by atoms with Crippen molar-refractivity contribution in [3.63, 3.8) is 0 Å². The molecule has 0 saturated carbocycles. The van der Waals surface area contributed by atoms with Gasteiger partial charge in [-0.1, -0.05) is 65.4 Å². The molecular weight excluding hydrogens is 498 g/mol. The van der Waals surface area contributed by atoms with Gasteiger partial charge in [-0.3, -0.25) is 20.4 Å².